The summed E-state index contributed by atoms with van der Waals surface area (Å²) < 4.78 is 0. The van der Waals surface area contributed by atoms with Gasteiger partial charge in [-0.05, 0) is 36.9 Å². The van der Waals surface area contributed by atoms with E-state index in [4.69, 9.17) is 10.8 Å². The lowest BCUT2D eigenvalue weighted by Crippen LogP contribution is -2.06. The van der Waals surface area contributed by atoms with Gasteiger partial charge in [0.15, 0.2) is 0 Å². The molecule has 3 heteroatoms. The normalized spacial score (nSPS) is 11.3. The number of hydrogen-bond donors (Lipinski definition) is 3. The van der Waals surface area contributed by atoms with Crippen molar-refractivity contribution in [1.82, 2.24) is 6.15 Å². The van der Waals surface area contributed by atoms with Crippen LogP contribution in [0.5, 0.6) is 0 Å². The Kier molecular flexibility index (Phi) is 7.02. The van der Waals surface area contributed by atoms with Gasteiger partial charge in [-0.3, -0.25) is 0 Å². The number of fused-ring (bicyclic) bond motifs is 1. The van der Waals surface area contributed by atoms with Gasteiger partial charge in [0.2, 0.25) is 0 Å². The molecule has 0 bridgehead atoms. The molecule has 0 saturated carbocycles. The second-order valence-electron chi connectivity index (χ2n) is 3.13. The molecule has 3 nitrogen and oxygen atoms in total. The highest BCUT2D eigenvalue weighted by Crippen LogP contribution is 2.20. The van der Waals surface area contributed by atoms with Crippen LogP contribution in [0.4, 0.5) is 0 Å². The van der Waals surface area contributed by atoms with Crippen LogP contribution in [0.15, 0.2) is 24.3 Å². The van der Waals surface area contributed by atoms with Crippen molar-refractivity contribution in [3.63, 3.8) is 0 Å². The molecule has 14 heavy (non-hydrogen) atoms. The smallest absolute Gasteiger partial charge is 0.0443 e. The SMILES string of the molecule is N.NCCCO.c1ccc2c(c1)CC2. The second-order valence-corrected chi connectivity index (χ2v) is 3.13. The summed E-state index contributed by atoms with van der Waals surface area (Å²) in [5.74, 6) is 0. The van der Waals surface area contributed by atoms with Crippen LogP contribution in [-0.4, -0.2) is 18.3 Å². The van der Waals surface area contributed by atoms with Crippen molar-refractivity contribution in [3.8, 4) is 0 Å². The van der Waals surface area contributed by atoms with Gasteiger partial charge in [-0.1, -0.05) is 24.3 Å². The van der Waals surface area contributed by atoms with E-state index in [1.54, 1.807) is 11.1 Å². The Hall–Kier alpha value is -0.900. The number of benzene rings is 1. The molecule has 0 aromatic heterocycles. The van der Waals surface area contributed by atoms with Crippen molar-refractivity contribution in [3.05, 3.63) is 35.4 Å². The van der Waals surface area contributed by atoms with Gasteiger partial charge in [0.25, 0.3) is 0 Å². The molecule has 0 saturated heterocycles. The Morgan fingerprint density at radius 3 is 1.79 bits per heavy atom. The number of aliphatic hydroxyl groups excluding tert-OH is 1. The van der Waals surface area contributed by atoms with Gasteiger partial charge < -0.3 is 17.0 Å². The first-order valence-corrected chi connectivity index (χ1v) is 4.76. The van der Waals surface area contributed by atoms with Crippen molar-refractivity contribution in [2.45, 2.75) is 19.3 Å². The van der Waals surface area contributed by atoms with E-state index in [0.29, 0.717) is 6.54 Å². The standard InChI is InChI=1S/C8H8.C3H9NO.H3N/c1-2-4-8-6-5-7(8)3-1;4-2-1-3-5;/h1-4H,5-6H2;5H,1-4H2;1H3. The Bertz CT molecular complexity index is 226. The molecule has 0 aliphatic heterocycles. The predicted molar refractivity (Wildman–Crippen MR) is 59.6 cm³/mol. The first-order valence-electron chi connectivity index (χ1n) is 4.76. The van der Waals surface area contributed by atoms with Crippen LogP contribution in [0, 0.1) is 0 Å². The molecule has 0 unspecified atom stereocenters. The quantitative estimate of drug-likeness (QED) is 0.666. The first kappa shape index (κ1) is 13.1. The van der Waals surface area contributed by atoms with Crippen molar-refractivity contribution >= 4 is 0 Å². The molecule has 0 radical (unpaired) electrons. The third kappa shape index (κ3) is 3.87. The lowest BCUT2D eigenvalue weighted by molar-refractivity contribution is 0.291. The summed E-state index contributed by atoms with van der Waals surface area (Å²) in [6.45, 7) is 0.812. The molecule has 0 amide bonds. The lowest BCUT2D eigenvalue weighted by atomic mass is 9.89. The molecule has 80 valence electrons. The van der Waals surface area contributed by atoms with Crippen LogP contribution in [0.3, 0.4) is 0 Å². The first-order chi connectivity index (χ1) is 6.38. The molecule has 0 fully saturated rings. The summed E-state index contributed by atoms with van der Waals surface area (Å²) in [5, 5.41) is 7.99. The maximum Gasteiger partial charge on any atom is 0.0443 e. The fourth-order valence-corrected chi connectivity index (χ4v) is 1.23. The lowest BCUT2D eigenvalue weighted by Gasteiger charge is -2.16. The maximum atomic E-state index is 7.99. The topological polar surface area (TPSA) is 81.2 Å². The van der Waals surface area contributed by atoms with Gasteiger partial charge in [-0.25, -0.2) is 0 Å². The number of rotatable bonds is 2. The van der Waals surface area contributed by atoms with Crippen LogP contribution in [-0.2, 0) is 12.8 Å². The number of aryl methyl sites for hydroxylation is 2. The molecular weight excluding hydrogens is 176 g/mol. The molecule has 1 aliphatic rings. The molecule has 0 atom stereocenters. The van der Waals surface area contributed by atoms with Crippen molar-refractivity contribution in [1.29, 1.82) is 0 Å². The summed E-state index contributed by atoms with van der Waals surface area (Å²) in [7, 11) is 0. The van der Waals surface area contributed by atoms with E-state index in [9.17, 15) is 0 Å². The zero-order valence-corrected chi connectivity index (χ0v) is 8.58. The Morgan fingerprint density at radius 2 is 1.64 bits per heavy atom. The molecule has 2 rings (SSSR count). The molecule has 0 spiro atoms. The van der Waals surface area contributed by atoms with E-state index in [1.165, 1.54) is 12.8 Å². The van der Waals surface area contributed by atoms with Crippen molar-refractivity contribution < 1.29 is 5.11 Å². The summed E-state index contributed by atoms with van der Waals surface area (Å²) >= 11 is 0. The average molecular weight is 196 g/mol. The summed E-state index contributed by atoms with van der Waals surface area (Å²) in [6, 6.07) is 8.63. The average Bonchev–Trinajstić information content (AvgIpc) is 2.10. The largest absolute Gasteiger partial charge is 0.396 e. The minimum absolute atomic E-state index is 0. The van der Waals surface area contributed by atoms with Gasteiger partial charge >= 0.3 is 0 Å². The number of nitrogens with two attached hydrogens (primary N) is 1. The number of hydrogen-bond acceptors (Lipinski definition) is 3. The van der Waals surface area contributed by atoms with Crippen LogP contribution < -0.4 is 11.9 Å². The summed E-state index contributed by atoms with van der Waals surface area (Å²) in [5.41, 5.74) is 8.08. The van der Waals surface area contributed by atoms with Gasteiger partial charge in [0, 0.05) is 6.61 Å². The van der Waals surface area contributed by atoms with Crippen LogP contribution in [0.2, 0.25) is 0 Å². The van der Waals surface area contributed by atoms with Gasteiger partial charge in [-0.15, -0.1) is 0 Å². The van der Waals surface area contributed by atoms with Gasteiger partial charge in [-0.2, -0.15) is 0 Å². The highest BCUT2D eigenvalue weighted by Gasteiger charge is 2.09. The van der Waals surface area contributed by atoms with E-state index in [-0.39, 0.29) is 12.8 Å². The fourth-order valence-electron chi connectivity index (χ4n) is 1.23. The Labute approximate surface area is 85.5 Å². The second kappa shape index (κ2) is 7.50. The van der Waals surface area contributed by atoms with Gasteiger partial charge in [0.05, 0.1) is 0 Å². The highest BCUT2D eigenvalue weighted by molar-refractivity contribution is 5.34. The molecular formula is C11H20N2O. The minimum Gasteiger partial charge on any atom is -0.396 e. The predicted octanol–water partition coefficient (Wildman–Crippen LogP) is 1.27. The van der Waals surface area contributed by atoms with E-state index in [1.807, 2.05) is 0 Å². The molecule has 6 N–H and O–H groups in total. The van der Waals surface area contributed by atoms with Crippen LogP contribution >= 0.6 is 0 Å². The third-order valence-electron chi connectivity index (χ3n) is 2.14. The number of aliphatic hydroxyl groups is 1. The zero-order chi connectivity index (χ0) is 9.52. The van der Waals surface area contributed by atoms with Crippen LogP contribution in [0.25, 0.3) is 0 Å². The Balaban J connectivity index is 0.000000253. The molecule has 1 aromatic carbocycles. The minimum atomic E-state index is 0. The molecule has 1 aromatic rings. The van der Waals surface area contributed by atoms with E-state index >= 15 is 0 Å². The Morgan fingerprint density at radius 1 is 1.14 bits per heavy atom. The maximum absolute atomic E-state index is 7.99. The van der Waals surface area contributed by atoms with E-state index in [2.05, 4.69) is 24.3 Å². The van der Waals surface area contributed by atoms with E-state index in [0.717, 1.165) is 6.42 Å². The summed E-state index contributed by atoms with van der Waals surface area (Å²) in [6.07, 6.45) is 3.33. The fraction of sp³-hybridized carbons (Fsp3) is 0.455. The molecule has 1 aliphatic carbocycles. The summed E-state index contributed by atoms with van der Waals surface area (Å²) in [4.78, 5) is 0. The third-order valence-corrected chi connectivity index (χ3v) is 2.14. The van der Waals surface area contributed by atoms with Crippen molar-refractivity contribution in [2.24, 2.45) is 5.73 Å². The van der Waals surface area contributed by atoms with Crippen LogP contribution in [0.1, 0.15) is 17.5 Å². The monoisotopic (exact) mass is 196 g/mol. The van der Waals surface area contributed by atoms with E-state index < -0.39 is 0 Å². The van der Waals surface area contributed by atoms with Gasteiger partial charge in [0.1, 0.15) is 0 Å². The van der Waals surface area contributed by atoms with Crippen molar-refractivity contribution in [2.75, 3.05) is 13.2 Å². The zero-order valence-electron chi connectivity index (χ0n) is 8.58. The molecule has 0 heterocycles. The highest BCUT2D eigenvalue weighted by atomic mass is 16.2.